The summed E-state index contributed by atoms with van der Waals surface area (Å²) in [4.78, 5) is 4.23. The summed E-state index contributed by atoms with van der Waals surface area (Å²) in [5, 5.41) is 8.73. The molecule has 1 unspecified atom stereocenters. The molecule has 0 saturated carbocycles. The summed E-state index contributed by atoms with van der Waals surface area (Å²) in [5.41, 5.74) is 0.807. The van der Waals surface area contributed by atoms with Crippen LogP contribution in [0.2, 0.25) is 0 Å². The van der Waals surface area contributed by atoms with Gasteiger partial charge in [0.15, 0.2) is 0 Å². The second kappa shape index (κ2) is 3.67. The van der Waals surface area contributed by atoms with Gasteiger partial charge in [-0.3, -0.25) is 4.99 Å². The fraction of sp³-hybridized carbons (Fsp3) is 0.667. The van der Waals surface area contributed by atoms with Crippen LogP contribution in [0.3, 0.4) is 0 Å². The Labute approximate surface area is 67.7 Å². The fourth-order valence-electron chi connectivity index (χ4n) is 1.11. The number of rotatable bonds is 2. The van der Waals surface area contributed by atoms with E-state index in [2.05, 4.69) is 24.9 Å². The molecule has 0 fully saturated rings. The van der Waals surface area contributed by atoms with Crippen molar-refractivity contribution in [2.75, 3.05) is 13.2 Å². The average Bonchev–Trinajstić information content (AvgIpc) is 2.05. The van der Waals surface area contributed by atoms with Crippen LogP contribution in [0.1, 0.15) is 13.8 Å². The van der Waals surface area contributed by atoms with Gasteiger partial charge in [-0.25, -0.2) is 0 Å². The predicted octanol–water partition coefficient (Wildman–Crippen LogP) is 1.26. The molecule has 62 valence electrons. The lowest BCUT2D eigenvalue weighted by molar-refractivity contribution is 0.356. The summed E-state index contributed by atoms with van der Waals surface area (Å²) in [6, 6.07) is 0. The van der Waals surface area contributed by atoms with E-state index < -0.39 is 0 Å². The van der Waals surface area contributed by atoms with Crippen LogP contribution in [-0.2, 0) is 0 Å². The standard InChI is InChI=1S/C9H15NO/c1-7(2)8-3-4-9(6-11)10-5-8/h3-4,7-8,11H,5-6H2,1-2H3. The molecule has 0 aliphatic carbocycles. The predicted molar refractivity (Wildman–Crippen MR) is 46.9 cm³/mol. The first-order valence-corrected chi connectivity index (χ1v) is 4.06. The molecule has 11 heavy (non-hydrogen) atoms. The molecule has 1 heterocycles. The van der Waals surface area contributed by atoms with Crippen molar-refractivity contribution in [1.82, 2.24) is 0 Å². The van der Waals surface area contributed by atoms with Crippen molar-refractivity contribution < 1.29 is 5.11 Å². The van der Waals surface area contributed by atoms with E-state index >= 15 is 0 Å². The third-order valence-electron chi connectivity index (χ3n) is 2.06. The maximum atomic E-state index is 8.73. The topological polar surface area (TPSA) is 32.6 Å². The zero-order valence-corrected chi connectivity index (χ0v) is 7.12. The lowest BCUT2D eigenvalue weighted by Gasteiger charge is -2.17. The minimum Gasteiger partial charge on any atom is -0.390 e. The minimum absolute atomic E-state index is 0.0707. The van der Waals surface area contributed by atoms with Crippen molar-refractivity contribution in [3.8, 4) is 0 Å². The van der Waals surface area contributed by atoms with Crippen LogP contribution in [0, 0.1) is 11.8 Å². The van der Waals surface area contributed by atoms with Crippen LogP contribution in [-0.4, -0.2) is 24.0 Å². The van der Waals surface area contributed by atoms with Crippen molar-refractivity contribution in [1.29, 1.82) is 0 Å². The van der Waals surface area contributed by atoms with Gasteiger partial charge in [-0.1, -0.05) is 19.9 Å². The van der Waals surface area contributed by atoms with E-state index in [1.807, 2.05) is 6.08 Å². The van der Waals surface area contributed by atoms with Gasteiger partial charge >= 0.3 is 0 Å². The summed E-state index contributed by atoms with van der Waals surface area (Å²) < 4.78 is 0. The lowest BCUT2D eigenvalue weighted by Crippen LogP contribution is -2.16. The van der Waals surface area contributed by atoms with Gasteiger partial charge in [0.05, 0.1) is 12.3 Å². The third kappa shape index (κ3) is 2.15. The maximum Gasteiger partial charge on any atom is 0.0848 e. The average molecular weight is 153 g/mol. The van der Waals surface area contributed by atoms with Crippen molar-refractivity contribution in [3.05, 3.63) is 12.2 Å². The first-order chi connectivity index (χ1) is 5.24. The van der Waals surface area contributed by atoms with Gasteiger partial charge in [0.1, 0.15) is 0 Å². The van der Waals surface area contributed by atoms with Crippen LogP contribution in [0.25, 0.3) is 0 Å². The summed E-state index contributed by atoms with van der Waals surface area (Å²) in [6.45, 7) is 5.29. The van der Waals surface area contributed by atoms with Crippen LogP contribution in [0.5, 0.6) is 0 Å². The Bertz CT molecular complexity index is 182. The smallest absolute Gasteiger partial charge is 0.0848 e. The fourth-order valence-corrected chi connectivity index (χ4v) is 1.11. The second-order valence-electron chi connectivity index (χ2n) is 3.26. The zero-order chi connectivity index (χ0) is 8.27. The van der Waals surface area contributed by atoms with Crippen molar-refractivity contribution in [2.45, 2.75) is 13.8 Å². The van der Waals surface area contributed by atoms with Gasteiger partial charge in [0.25, 0.3) is 0 Å². The molecule has 0 aromatic rings. The Morgan fingerprint density at radius 2 is 2.45 bits per heavy atom. The highest BCUT2D eigenvalue weighted by molar-refractivity contribution is 5.96. The number of aliphatic hydroxyl groups excluding tert-OH is 1. The molecule has 1 rings (SSSR count). The monoisotopic (exact) mass is 153 g/mol. The molecule has 0 aromatic heterocycles. The van der Waals surface area contributed by atoms with E-state index in [4.69, 9.17) is 5.11 Å². The molecule has 2 nitrogen and oxygen atoms in total. The normalized spacial score (nSPS) is 24.0. The molecule has 0 bridgehead atoms. The molecule has 0 amide bonds. The summed E-state index contributed by atoms with van der Waals surface area (Å²) in [7, 11) is 0. The number of hydrogen-bond donors (Lipinski definition) is 1. The lowest BCUT2D eigenvalue weighted by atomic mass is 9.93. The largest absolute Gasteiger partial charge is 0.390 e. The maximum absolute atomic E-state index is 8.73. The molecule has 1 aliphatic rings. The highest BCUT2D eigenvalue weighted by Crippen LogP contribution is 2.15. The minimum atomic E-state index is 0.0707. The zero-order valence-electron chi connectivity index (χ0n) is 7.12. The summed E-state index contributed by atoms with van der Waals surface area (Å²) >= 11 is 0. The van der Waals surface area contributed by atoms with E-state index in [0.717, 1.165) is 12.3 Å². The quantitative estimate of drug-likeness (QED) is 0.636. The Balaban J connectivity index is 2.50. The highest BCUT2D eigenvalue weighted by Gasteiger charge is 2.12. The molecule has 1 N–H and O–H groups in total. The van der Waals surface area contributed by atoms with Crippen molar-refractivity contribution >= 4 is 5.71 Å². The molecule has 0 spiro atoms. The van der Waals surface area contributed by atoms with Gasteiger partial charge < -0.3 is 5.11 Å². The highest BCUT2D eigenvalue weighted by atomic mass is 16.3. The number of hydrogen-bond acceptors (Lipinski definition) is 2. The molecule has 1 atom stereocenters. The summed E-state index contributed by atoms with van der Waals surface area (Å²) in [6.07, 6.45) is 4.07. The molecular formula is C9H15NO. The summed E-state index contributed by atoms with van der Waals surface area (Å²) in [5.74, 6) is 1.21. The molecule has 0 radical (unpaired) electrons. The number of aliphatic imine (C=N–C) groups is 1. The second-order valence-corrected chi connectivity index (χ2v) is 3.26. The van der Waals surface area contributed by atoms with Gasteiger partial charge in [-0.15, -0.1) is 0 Å². The Morgan fingerprint density at radius 3 is 2.82 bits per heavy atom. The van der Waals surface area contributed by atoms with Gasteiger partial charge in [0.2, 0.25) is 0 Å². The van der Waals surface area contributed by atoms with E-state index in [1.54, 1.807) is 0 Å². The molecule has 0 aromatic carbocycles. The molecule has 2 heteroatoms. The van der Waals surface area contributed by atoms with Gasteiger partial charge in [-0.2, -0.15) is 0 Å². The SMILES string of the molecule is CC(C)C1C=CC(CO)=NC1. The molecule has 1 aliphatic heterocycles. The Morgan fingerprint density at radius 1 is 1.73 bits per heavy atom. The van der Waals surface area contributed by atoms with E-state index in [9.17, 15) is 0 Å². The Kier molecular flexibility index (Phi) is 2.83. The van der Waals surface area contributed by atoms with Gasteiger partial charge in [0, 0.05) is 6.54 Å². The van der Waals surface area contributed by atoms with Crippen LogP contribution < -0.4 is 0 Å². The molecular weight excluding hydrogens is 138 g/mol. The molecule has 0 saturated heterocycles. The van der Waals surface area contributed by atoms with Crippen LogP contribution in [0.15, 0.2) is 17.1 Å². The van der Waals surface area contributed by atoms with E-state index in [1.165, 1.54) is 0 Å². The third-order valence-corrected chi connectivity index (χ3v) is 2.06. The van der Waals surface area contributed by atoms with Crippen LogP contribution >= 0.6 is 0 Å². The first kappa shape index (κ1) is 8.47. The van der Waals surface area contributed by atoms with Crippen LogP contribution in [0.4, 0.5) is 0 Å². The number of aliphatic hydroxyl groups is 1. The van der Waals surface area contributed by atoms with E-state index in [-0.39, 0.29) is 6.61 Å². The number of dihydropyridines is 1. The van der Waals surface area contributed by atoms with Crippen molar-refractivity contribution in [2.24, 2.45) is 16.8 Å². The number of nitrogens with zero attached hydrogens (tertiary/aromatic N) is 1. The van der Waals surface area contributed by atoms with Crippen molar-refractivity contribution in [3.63, 3.8) is 0 Å². The first-order valence-electron chi connectivity index (χ1n) is 4.06. The Hall–Kier alpha value is -0.630. The van der Waals surface area contributed by atoms with Gasteiger partial charge in [-0.05, 0) is 17.9 Å². The van der Waals surface area contributed by atoms with E-state index in [0.29, 0.717) is 11.8 Å².